The normalized spacial score (nSPS) is 10.1. The average molecular weight is 266 g/mol. The summed E-state index contributed by atoms with van der Waals surface area (Å²) in [7, 11) is 3.17. The minimum Gasteiger partial charge on any atom is -0.478 e. The fourth-order valence-corrected chi connectivity index (χ4v) is 1.54. The SMILES string of the molecule is COCCN(C)C(=O)Nc1c(C)cccc1C(=O)O. The third kappa shape index (κ3) is 3.96. The van der Waals surface area contributed by atoms with E-state index in [1.807, 2.05) is 0 Å². The molecule has 104 valence electrons. The number of urea groups is 1. The highest BCUT2D eigenvalue weighted by molar-refractivity contribution is 6.00. The van der Waals surface area contributed by atoms with Gasteiger partial charge in [-0.05, 0) is 18.6 Å². The van der Waals surface area contributed by atoms with Gasteiger partial charge >= 0.3 is 12.0 Å². The van der Waals surface area contributed by atoms with E-state index in [0.29, 0.717) is 24.4 Å². The van der Waals surface area contributed by atoms with Gasteiger partial charge in [0.1, 0.15) is 0 Å². The molecule has 0 radical (unpaired) electrons. The Bertz CT molecular complexity index is 474. The number of carbonyl (C=O) groups is 2. The zero-order valence-corrected chi connectivity index (χ0v) is 11.3. The molecule has 0 fully saturated rings. The topological polar surface area (TPSA) is 78.9 Å². The summed E-state index contributed by atoms with van der Waals surface area (Å²) in [6, 6.07) is 4.48. The maximum Gasteiger partial charge on any atom is 0.337 e. The van der Waals surface area contributed by atoms with Crippen LogP contribution in [0.5, 0.6) is 0 Å². The molecule has 19 heavy (non-hydrogen) atoms. The lowest BCUT2D eigenvalue weighted by molar-refractivity contribution is 0.0698. The first-order valence-electron chi connectivity index (χ1n) is 5.81. The van der Waals surface area contributed by atoms with E-state index in [-0.39, 0.29) is 11.6 Å². The third-order valence-corrected chi connectivity index (χ3v) is 2.71. The number of anilines is 1. The minimum absolute atomic E-state index is 0.0773. The van der Waals surface area contributed by atoms with Crippen molar-refractivity contribution < 1.29 is 19.4 Å². The molecule has 0 heterocycles. The van der Waals surface area contributed by atoms with Crippen LogP contribution in [0, 0.1) is 6.92 Å². The van der Waals surface area contributed by atoms with E-state index in [1.165, 1.54) is 11.0 Å². The van der Waals surface area contributed by atoms with Crippen LogP contribution in [-0.2, 0) is 4.74 Å². The highest BCUT2D eigenvalue weighted by Gasteiger charge is 2.16. The molecule has 1 rings (SSSR count). The standard InChI is InChI=1S/C13H18N2O4/c1-9-5-4-6-10(12(16)17)11(9)14-13(18)15(2)7-8-19-3/h4-6H,7-8H2,1-3H3,(H,14,18)(H,16,17). The fraction of sp³-hybridized carbons (Fsp3) is 0.385. The van der Waals surface area contributed by atoms with Gasteiger partial charge in [0.2, 0.25) is 0 Å². The van der Waals surface area contributed by atoms with Crippen molar-refractivity contribution in [3.63, 3.8) is 0 Å². The summed E-state index contributed by atoms with van der Waals surface area (Å²) >= 11 is 0. The van der Waals surface area contributed by atoms with Gasteiger partial charge in [-0.1, -0.05) is 12.1 Å². The molecular weight excluding hydrogens is 248 g/mol. The largest absolute Gasteiger partial charge is 0.478 e. The Balaban J connectivity index is 2.87. The summed E-state index contributed by atoms with van der Waals surface area (Å²) < 4.78 is 4.88. The lowest BCUT2D eigenvalue weighted by Crippen LogP contribution is -2.34. The molecule has 0 aliphatic heterocycles. The maximum atomic E-state index is 11.9. The number of benzene rings is 1. The number of aromatic carboxylic acids is 1. The Morgan fingerprint density at radius 1 is 1.42 bits per heavy atom. The second kappa shape index (κ2) is 6.75. The first kappa shape index (κ1) is 15.0. The number of carboxylic acid groups (broad SMARTS) is 1. The van der Waals surface area contributed by atoms with Crippen LogP contribution in [0.2, 0.25) is 0 Å². The molecule has 0 saturated carbocycles. The molecule has 1 aromatic carbocycles. The van der Waals surface area contributed by atoms with Gasteiger partial charge in [-0.15, -0.1) is 0 Å². The van der Waals surface area contributed by atoms with Crippen LogP contribution < -0.4 is 5.32 Å². The molecule has 0 atom stereocenters. The number of nitrogens with one attached hydrogen (secondary N) is 1. The van der Waals surface area contributed by atoms with Crippen LogP contribution in [0.3, 0.4) is 0 Å². The van der Waals surface area contributed by atoms with Crippen molar-refractivity contribution in [2.24, 2.45) is 0 Å². The summed E-state index contributed by atoms with van der Waals surface area (Å²) in [5, 5.41) is 11.7. The quantitative estimate of drug-likeness (QED) is 0.851. The monoisotopic (exact) mass is 266 g/mol. The molecule has 0 aliphatic carbocycles. The van der Waals surface area contributed by atoms with Crippen LogP contribution >= 0.6 is 0 Å². The van der Waals surface area contributed by atoms with E-state index in [1.54, 1.807) is 33.2 Å². The lowest BCUT2D eigenvalue weighted by atomic mass is 10.1. The molecule has 6 heteroatoms. The minimum atomic E-state index is -1.07. The number of carbonyl (C=O) groups excluding carboxylic acids is 1. The highest BCUT2D eigenvalue weighted by Crippen LogP contribution is 2.20. The Morgan fingerprint density at radius 3 is 2.68 bits per heavy atom. The van der Waals surface area contributed by atoms with E-state index < -0.39 is 5.97 Å². The number of rotatable bonds is 5. The molecule has 0 aromatic heterocycles. The second-order valence-corrected chi connectivity index (χ2v) is 4.15. The molecule has 6 nitrogen and oxygen atoms in total. The van der Waals surface area contributed by atoms with Crippen molar-refractivity contribution in [1.29, 1.82) is 0 Å². The van der Waals surface area contributed by atoms with Crippen molar-refractivity contribution >= 4 is 17.7 Å². The van der Waals surface area contributed by atoms with E-state index in [2.05, 4.69) is 5.32 Å². The van der Waals surface area contributed by atoms with Crippen LogP contribution in [0.4, 0.5) is 10.5 Å². The highest BCUT2D eigenvalue weighted by atomic mass is 16.5. The number of hydrogen-bond acceptors (Lipinski definition) is 3. The summed E-state index contributed by atoms with van der Waals surface area (Å²) in [5.41, 5.74) is 1.10. The van der Waals surface area contributed by atoms with Gasteiger partial charge in [-0.25, -0.2) is 9.59 Å². The first-order valence-corrected chi connectivity index (χ1v) is 5.81. The molecule has 0 bridgehead atoms. The third-order valence-electron chi connectivity index (χ3n) is 2.71. The van der Waals surface area contributed by atoms with Gasteiger partial charge in [0, 0.05) is 20.7 Å². The fourth-order valence-electron chi connectivity index (χ4n) is 1.54. The molecule has 2 N–H and O–H groups in total. The van der Waals surface area contributed by atoms with Gasteiger partial charge in [0.05, 0.1) is 17.9 Å². The van der Waals surface area contributed by atoms with Gasteiger partial charge < -0.3 is 20.1 Å². The van der Waals surface area contributed by atoms with Crippen molar-refractivity contribution in [2.75, 3.05) is 32.6 Å². The van der Waals surface area contributed by atoms with E-state index in [0.717, 1.165) is 0 Å². The van der Waals surface area contributed by atoms with Crippen LogP contribution in [0.1, 0.15) is 15.9 Å². The Labute approximate surface area is 112 Å². The molecular formula is C13H18N2O4. The maximum absolute atomic E-state index is 11.9. The number of hydrogen-bond donors (Lipinski definition) is 2. The van der Waals surface area contributed by atoms with Crippen molar-refractivity contribution in [1.82, 2.24) is 4.90 Å². The number of carboxylic acids is 1. The molecule has 0 spiro atoms. The number of methoxy groups -OCH3 is 1. The Kier molecular flexibility index (Phi) is 5.32. The average Bonchev–Trinajstić information content (AvgIpc) is 2.37. The summed E-state index contributed by atoms with van der Waals surface area (Å²) in [4.78, 5) is 24.5. The number of likely N-dealkylation sites (N-methyl/N-ethyl adjacent to an activating group) is 1. The van der Waals surface area contributed by atoms with Crippen molar-refractivity contribution in [3.05, 3.63) is 29.3 Å². The molecule has 1 aromatic rings. The predicted octanol–water partition coefficient (Wildman–Crippen LogP) is 1.80. The number of para-hydroxylation sites is 1. The molecule has 0 unspecified atom stereocenters. The van der Waals surface area contributed by atoms with Crippen molar-refractivity contribution in [2.45, 2.75) is 6.92 Å². The van der Waals surface area contributed by atoms with Gasteiger partial charge in [-0.3, -0.25) is 0 Å². The molecule has 0 aliphatic rings. The van der Waals surface area contributed by atoms with Crippen LogP contribution in [-0.4, -0.2) is 49.3 Å². The molecule has 0 saturated heterocycles. The zero-order chi connectivity index (χ0) is 14.4. The Morgan fingerprint density at radius 2 is 2.11 bits per heavy atom. The van der Waals surface area contributed by atoms with E-state index in [4.69, 9.17) is 9.84 Å². The second-order valence-electron chi connectivity index (χ2n) is 4.15. The number of ether oxygens (including phenoxy) is 1. The van der Waals surface area contributed by atoms with E-state index in [9.17, 15) is 9.59 Å². The van der Waals surface area contributed by atoms with Crippen molar-refractivity contribution in [3.8, 4) is 0 Å². The van der Waals surface area contributed by atoms with Gasteiger partial charge in [0.15, 0.2) is 0 Å². The van der Waals surface area contributed by atoms with Gasteiger partial charge in [-0.2, -0.15) is 0 Å². The predicted molar refractivity (Wildman–Crippen MR) is 71.7 cm³/mol. The number of amides is 2. The van der Waals surface area contributed by atoms with Crippen LogP contribution in [0.25, 0.3) is 0 Å². The number of aryl methyl sites for hydroxylation is 1. The summed E-state index contributed by atoms with van der Waals surface area (Å²) in [6.07, 6.45) is 0. The van der Waals surface area contributed by atoms with E-state index >= 15 is 0 Å². The number of nitrogens with zero attached hydrogens (tertiary/aromatic N) is 1. The smallest absolute Gasteiger partial charge is 0.337 e. The first-order chi connectivity index (χ1) is 8.97. The molecule has 2 amide bonds. The lowest BCUT2D eigenvalue weighted by Gasteiger charge is -2.19. The zero-order valence-electron chi connectivity index (χ0n) is 11.3. The Hall–Kier alpha value is -2.08. The van der Waals surface area contributed by atoms with Gasteiger partial charge in [0.25, 0.3) is 0 Å². The van der Waals surface area contributed by atoms with Crippen LogP contribution in [0.15, 0.2) is 18.2 Å². The summed E-state index contributed by atoms with van der Waals surface area (Å²) in [5.74, 6) is -1.07. The summed E-state index contributed by atoms with van der Waals surface area (Å²) in [6.45, 7) is 2.59.